The summed E-state index contributed by atoms with van der Waals surface area (Å²) in [6, 6.07) is -0.542. The molecule has 138 valence electrons. The van der Waals surface area contributed by atoms with Gasteiger partial charge in [-0.2, -0.15) is 0 Å². The Morgan fingerprint density at radius 2 is 2.08 bits per heavy atom. The van der Waals surface area contributed by atoms with E-state index in [9.17, 15) is 14.7 Å². The van der Waals surface area contributed by atoms with Gasteiger partial charge in [0.25, 0.3) is 0 Å². The van der Waals surface area contributed by atoms with E-state index in [-0.39, 0.29) is 31.0 Å². The first-order valence-corrected chi connectivity index (χ1v) is 8.37. The Morgan fingerprint density at radius 3 is 2.75 bits per heavy atom. The largest absolute Gasteiger partial charge is 0.444 e. The van der Waals surface area contributed by atoms with Gasteiger partial charge in [-0.05, 0) is 40.5 Å². The summed E-state index contributed by atoms with van der Waals surface area (Å²) in [6.45, 7) is 7.88. The van der Waals surface area contributed by atoms with E-state index in [0.29, 0.717) is 19.4 Å². The number of carbonyl (C=O) groups excluding carboxylic acids is 2. The Labute approximate surface area is 143 Å². The van der Waals surface area contributed by atoms with Crippen molar-refractivity contribution in [1.82, 2.24) is 10.6 Å². The van der Waals surface area contributed by atoms with Gasteiger partial charge in [0.1, 0.15) is 5.60 Å². The summed E-state index contributed by atoms with van der Waals surface area (Å²) in [5, 5.41) is 15.5. The van der Waals surface area contributed by atoms with Crippen molar-refractivity contribution in [3.05, 3.63) is 12.2 Å². The molecule has 3 N–H and O–H groups in total. The summed E-state index contributed by atoms with van der Waals surface area (Å²) in [7, 11) is 0. The van der Waals surface area contributed by atoms with E-state index in [1.165, 1.54) is 0 Å². The van der Waals surface area contributed by atoms with E-state index >= 15 is 0 Å². The minimum absolute atomic E-state index is 0.161. The quantitative estimate of drug-likeness (QED) is 0.658. The third-order valence-electron chi connectivity index (χ3n) is 3.44. The number of ether oxygens (including phenoxy) is 2. The van der Waals surface area contributed by atoms with Crippen LogP contribution in [0.25, 0.3) is 0 Å². The SMILES string of the molecule is C[C@@H](CCC(=O)NC1C/C=C\COCC1O)NC(=O)OC(C)(C)C. The molecule has 1 heterocycles. The van der Waals surface area contributed by atoms with E-state index < -0.39 is 17.8 Å². The van der Waals surface area contributed by atoms with Crippen LogP contribution in [0.3, 0.4) is 0 Å². The lowest BCUT2D eigenvalue weighted by molar-refractivity contribution is -0.123. The fourth-order valence-corrected chi connectivity index (χ4v) is 2.20. The molecule has 24 heavy (non-hydrogen) atoms. The highest BCUT2D eigenvalue weighted by Gasteiger charge is 2.22. The molecule has 2 unspecified atom stereocenters. The average Bonchev–Trinajstić information content (AvgIpc) is 2.42. The smallest absolute Gasteiger partial charge is 0.407 e. The Kier molecular flexibility index (Phi) is 8.21. The third-order valence-corrected chi connectivity index (χ3v) is 3.44. The van der Waals surface area contributed by atoms with Crippen LogP contribution < -0.4 is 10.6 Å². The zero-order valence-electron chi connectivity index (χ0n) is 15.0. The van der Waals surface area contributed by atoms with Crippen LogP contribution in [0, 0.1) is 0 Å². The van der Waals surface area contributed by atoms with Gasteiger partial charge >= 0.3 is 6.09 Å². The highest BCUT2D eigenvalue weighted by atomic mass is 16.6. The molecule has 0 spiro atoms. The molecule has 0 aliphatic carbocycles. The number of aliphatic hydroxyl groups is 1. The highest BCUT2D eigenvalue weighted by molar-refractivity contribution is 5.76. The Morgan fingerprint density at radius 1 is 1.38 bits per heavy atom. The molecule has 1 rings (SSSR count). The maximum atomic E-state index is 12.0. The number of nitrogens with one attached hydrogen (secondary N) is 2. The molecule has 0 saturated carbocycles. The predicted octanol–water partition coefficient (Wildman–Crippen LogP) is 1.50. The lowest BCUT2D eigenvalue weighted by atomic mass is 10.1. The zero-order valence-corrected chi connectivity index (χ0v) is 15.0. The lowest BCUT2D eigenvalue weighted by Gasteiger charge is -2.25. The van der Waals surface area contributed by atoms with Crippen molar-refractivity contribution in [3.63, 3.8) is 0 Å². The van der Waals surface area contributed by atoms with Crippen molar-refractivity contribution in [2.24, 2.45) is 0 Å². The van der Waals surface area contributed by atoms with Crippen molar-refractivity contribution in [3.8, 4) is 0 Å². The molecular formula is C17H30N2O5. The minimum Gasteiger partial charge on any atom is -0.444 e. The molecule has 0 bridgehead atoms. The van der Waals surface area contributed by atoms with Gasteiger partial charge in [-0.15, -0.1) is 0 Å². The molecule has 7 heteroatoms. The van der Waals surface area contributed by atoms with Gasteiger partial charge in [-0.1, -0.05) is 12.2 Å². The number of amides is 2. The first kappa shape index (κ1) is 20.4. The van der Waals surface area contributed by atoms with Crippen molar-refractivity contribution in [1.29, 1.82) is 0 Å². The van der Waals surface area contributed by atoms with E-state index in [4.69, 9.17) is 9.47 Å². The number of hydrogen-bond acceptors (Lipinski definition) is 5. The second-order valence-electron chi connectivity index (χ2n) is 7.07. The first-order chi connectivity index (χ1) is 11.2. The summed E-state index contributed by atoms with van der Waals surface area (Å²) in [5.74, 6) is -0.161. The molecular weight excluding hydrogens is 312 g/mol. The average molecular weight is 342 g/mol. The van der Waals surface area contributed by atoms with Crippen molar-refractivity contribution < 1.29 is 24.2 Å². The normalized spacial score (nSPS) is 24.2. The molecule has 0 aromatic rings. The molecule has 7 nitrogen and oxygen atoms in total. The minimum atomic E-state index is -0.726. The summed E-state index contributed by atoms with van der Waals surface area (Å²) in [5.41, 5.74) is -0.550. The lowest BCUT2D eigenvalue weighted by Crippen LogP contribution is -2.46. The van der Waals surface area contributed by atoms with E-state index in [2.05, 4.69) is 10.6 Å². The first-order valence-electron chi connectivity index (χ1n) is 8.37. The number of carbonyl (C=O) groups is 2. The number of rotatable bonds is 5. The zero-order chi connectivity index (χ0) is 18.2. The molecule has 0 fully saturated rings. The van der Waals surface area contributed by atoms with E-state index in [1.807, 2.05) is 19.1 Å². The van der Waals surface area contributed by atoms with Gasteiger partial charge in [-0.25, -0.2) is 4.79 Å². The standard InChI is InChI=1S/C17H30N2O5/c1-12(18-16(22)24-17(2,3)4)8-9-15(21)19-13-7-5-6-10-23-11-14(13)20/h5-6,12-14,20H,7-11H2,1-4H3,(H,18,22)(H,19,21)/b6-5-/t12-,13?,14?/m0/s1. The van der Waals surface area contributed by atoms with Gasteiger partial charge < -0.3 is 25.2 Å². The van der Waals surface area contributed by atoms with E-state index in [0.717, 1.165) is 0 Å². The highest BCUT2D eigenvalue weighted by Crippen LogP contribution is 2.08. The molecule has 2 amide bonds. The van der Waals surface area contributed by atoms with Gasteiger partial charge in [0.15, 0.2) is 0 Å². The van der Waals surface area contributed by atoms with Crippen LogP contribution in [0.2, 0.25) is 0 Å². The topological polar surface area (TPSA) is 96.9 Å². The second-order valence-corrected chi connectivity index (χ2v) is 7.07. The van der Waals surface area contributed by atoms with Gasteiger partial charge in [-0.3, -0.25) is 4.79 Å². The molecule has 3 atom stereocenters. The van der Waals surface area contributed by atoms with E-state index in [1.54, 1.807) is 20.8 Å². The summed E-state index contributed by atoms with van der Waals surface area (Å²) < 4.78 is 10.4. The predicted molar refractivity (Wildman–Crippen MR) is 90.6 cm³/mol. The van der Waals surface area contributed by atoms with Crippen molar-refractivity contribution in [2.75, 3.05) is 13.2 Å². The van der Waals surface area contributed by atoms with Gasteiger partial charge in [0.05, 0.1) is 25.4 Å². The fraction of sp³-hybridized carbons (Fsp3) is 0.765. The Hall–Kier alpha value is -1.60. The van der Waals surface area contributed by atoms with Crippen molar-refractivity contribution in [2.45, 2.75) is 70.7 Å². The van der Waals surface area contributed by atoms with Gasteiger partial charge in [0.2, 0.25) is 5.91 Å². The Balaban J connectivity index is 2.32. The monoisotopic (exact) mass is 342 g/mol. The number of aliphatic hydroxyl groups excluding tert-OH is 1. The van der Waals surface area contributed by atoms with Crippen LogP contribution in [0.4, 0.5) is 4.79 Å². The molecule has 1 aliphatic heterocycles. The van der Waals surface area contributed by atoms with Crippen LogP contribution in [0.15, 0.2) is 12.2 Å². The molecule has 0 saturated heterocycles. The number of hydrogen-bond donors (Lipinski definition) is 3. The van der Waals surface area contributed by atoms with Crippen LogP contribution in [-0.4, -0.2) is 54.1 Å². The van der Waals surface area contributed by atoms with Crippen LogP contribution in [0.5, 0.6) is 0 Å². The van der Waals surface area contributed by atoms with Crippen LogP contribution in [0.1, 0.15) is 47.0 Å². The van der Waals surface area contributed by atoms with Crippen LogP contribution in [-0.2, 0) is 14.3 Å². The molecule has 0 radical (unpaired) electrons. The third kappa shape index (κ3) is 8.88. The van der Waals surface area contributed by atoms with Crippen molar-refractivity contribution >= 4 is 12.0 Å². The molecule has 1 aliphatic rings. The number of alkyl carbamates (subject to hydrolysis) is 1. The Bertz CT molecular complexity index is 445. The fourth-order valence-electron chi connectivity index (χ4n) is 2.20. The summed E-state index contributed by atoms with van der Waals surface area (Å²) in [4.78, 5) is 23.7. The second kappa shape index (κ2) is 9.64. The molecule has 0 aromatic heterocycles. The maximum Gasteiger partial charge on any atom is 0.407 e. The van der Waals surface area contributed by atoms with Crippen LogP contribution >= 0.6 is 0 Å². The van der Waals surface area contributed by atoms with Gasteiger partial charge in [0, 0.05) is 12.5 Å². The summed E-state index contributed by atoms with van der Waals surface area (Å²) in [6.07, 6.45) is 3.86. The summed E-state index contributed by atoms with van der Waals surface area (Å²) >= 11 is 0. The maximum absolute atomic E-state index is 12.0. The molecule has 0 aromatic carbocycles.